The van der Waals surface area contributed by atoms with Crippen LogP contribution in [0.1, 0.15) is 109 Å². The Morgan fingerprint density at radius 2 is 1.41 bits per heavy atom. The first kappa shape index (κ1) is 33.6. The number of pyridine rings is 1. The zero-order chi connectivity index (χ0) is 37.0. The second kappa shape index (κ2) is 14.1. The maximum Gasteiger partial charge on any atom is 0.138 e. The lowest BCUT2D eigenvalue weighted by Crippen LogP contribution is -2.09. The second-order valence-corrected chi connectivity index (χ2v) is 16.5. The summed E-state index contributed by atoms with van der Waals surface area (Å²) in [5, 5.41) is 2.74. The number of aromatic nitrogens is 3. The first-order chi connectivity index (χ1) is 27.8. The molecule has 4 aliphatic rings. The van der Waals surface area contributed by atoms with E-state index in [1.54, 1.807) is 5.56 Å². The number of hydrogen-bond donors (Lipinski definition) is 0. The van der Waals surface area contributed by atoms with Crippen molar-refractivity contribution < 1.29 is 0 Å². The third kappa shape index (κ3) is 5.74. The lowest BCUT2D eigenvalue weighted by atomic mass is 9.88. The van der Waals surface area contributed by atoms with Crippen LogP contribution in [0.3, 0.4) is 0 Å². The molecule has 1 unspecified atom stereocenters. The summed E-state index contributed by atoms with van der Waals surface area (Å²) in [4.78, 5) is 5.47. The number of fused-ring (bicyclic) bond motifs is 6. The van der Waals surface area contributed by atoms with E-state index in [2.05, 4.69) is 143 Å². The van der Waals surface area contributed by atoms with Gasteiger partial charge in [0.25, 0.3) is 0 Å². The molecule has 11 rings (SSSR count). The first-order valence-corrected chi connectivity index (χ1v) is 21.3. The van der Waals surface area contributed by atoms with Crippen molar-refractivity contribution in [3.63, 3.8) is 0 Å². The molecule has 1 atom stereocenters. The van der Waals surface area contributed by atoms with Gasteiger partial charge in [-0.15, -0.1) is 0 Å². The van der Waals surface area contributed by atoms with Gasteiger partial charge in [0.15, 0.2) is 0 Å². The van der Waals surface area contributed by atoms with Crippen LogP contribution >= 0.6 is 0 Å². The molecule has 0 bridgehead atoms. The number of benzene rings is 4. The van der Waals surface area contributed by atoms with Gasteiger partial charge in [0.05, 0.1) is 16.7 Å². The monoisotopic (exact) mass is 727 g/mol. The van der Waals surface area contributed by atoms with Crippen molar-refractivity contribution in [2.45, 2.75) is 89.4 Å². The Morgan fingerprint density at radius 1 is 0.554 bits per heavy atom. The standard InChI is InChI=1S/C53H49N3/c1-4-16-36(17-5-1)39-22-14-23-42(32-39)55-48-27-12-10-24-44(48)46-33-40(30-31-50(46)55)43-26-15-29-51-53(43)45-25-11-13-28-49(45)56(51)52-35-41(37-18-6-2-7-19-37)34-47(54-52)38-20-8-3-9-21-38/h3,6,8-9,11,13-14,16,18,20-23,25-26,28,30-35,37H,1-2,4-5,7,10,12,15,17,19,24,27,29H2. The topological polar surface area (TPSA) is 22.8 Å². The van der Waals surface area contributed by atoms with Gasteiger partial charge in [0.2, 0.25) is 0 Å². The Labute approximate surface area is 330 Å². The van der Waals surface area contributed by atoms with Crippen molar-refractivity contribution in [3.8, 4) is 22.8 Å². The maximum absolute atomic E-state index is 5.47. The summed E-state index contributed by atoms with van der Waals surface area (Å²) in [6.45, 7) is 0. The van der Waals surface area contributed by atoms with E-state index in [-0.39, 0.29) is 0 Å². The molecule has 0 saturated carbocycles. The van der Waals surface area contributed by atoms with Crippen molar-refractivity contribution in [2.75, 3.05) is 0 Å². The van der Waals surface area contributed by atoms with Gasteiger partial charge in [-0.2, -0.15) is 0 Å². The second-order valence-electron chi connectivity index (χ2n) is 16.5. The Morgan fingerprint density at radius 3 is 2.30 bits per heavy atom. The molecule has 56 heavy (non-hydrogen) atoms. The highest BCUT2D eigenvalue weighted by Gasteiger charge is 2.28. The summed E-state index contributed by atoms with van der Waals surface area (Å²) in [6.07, 6.45) is 25.2. The van der Waals surface area contributed by atoms with E-state index in [4.69, 9.17) is 4.98 Å². The lowest BCUT2D eigenvalue weighted by Gasteiger charge is -2.21. The summed E-state index contributed by atoms with van der Waals surface area (Å²) in [7, 11) is 0. The van der Waals surface area contributed by atoms with Gasteiger partial charge in [-0.3, -0.25) is 4.57 Å². The molecule has 7 aromatic rings. The van der Waals surface area contributed by atoms with Gasteiger partial charge < -0.3 is 4.57 Å². The Bertz CT molecular complexity index is 2730. The minimum absolute atomic E-state index is 0.415. The molecule has 4 aliphatic carbocycles. The van der Waals surface area contributed by atoms with Crippen LogP contribution in [-0.2, 0) is 19.3 Å². The third-order valence-electron chi connectivity index (χ3n) is 13.1. The lowest BCUT2D eigenvalue weighted by molar-refractivity contribution is 0.653. The number of para-hydroxylation sites is 1. The molecule has 3 nitrogen and oxygen atoms in total. The molecular formula is C53H49N3. The van der Waals surface area contributed by atoms with E-state index in [0.29, 0.717) is 5.92 Å². The fraction of sp³-hybridized carbons (Fsp3) is 0.264. The number of hydrogen-bond acceptors (Lipinski definition) is 1. The Kier molecular flexibility index (Phi) is 8.49. The summed E-state index contributed by atoms with van der Waals surface area (Å²) in [6, 6.07) is 41.3. The summed E-state index contributed by atoms with van der Waals surface area (Å²) < 4.78 is 5.11. The predicted octanol–water partition coefficient (Wildman–Crippen LogP) is 13.7. The Balaban J connectivity index is 1.06. The normalized spacial score (nSPS) is 18.1. The average molecular weight is 728 g/mol. The Hall–Kier alpha value is -5.67. The van der Waals surface area contributed by atoms with Crippen LogP contribution in [0.2, 0.25) is 0 Å². The van der Waals surface area contributed by atoms with Crippen LogP contribution in [-0.4, -0.2) is 14.1 Å². The molecule has 0 radical (unpaired) electrons. The van der Waals surface area contributed by atoms with Gasteiger partial charge in [-0.05, 0) is 159 Å². The van der Waals surface area contributed by atoms with E-state index in [1.165, 1.54) is 136 Å². The molecule has 0 N–H and O–H groups in total. The van der Waals surface area contributed by atoms with Crippen molar-refractivity contribution >= 4 is 33.0 Å². The predicted molar refractivity (Wildman–Crippen MR) is 234 cm³/mol. The van der Waals surface area contributed by atoms with Gasteiger partial charge in [0, 0.05) is 44.9 Å². The van der Waals surface area contributed by atoms with Gasteiger partial charge in [0.1, 0.15) is 5.82 Å². The first-order valence-electron chi connectivity index (χ1n) is 21.3. The number of allylic oxidation sites excluding steroid dienone is 5. The molecule has 0 amide bonds. The fourth-order valence-electron chi connectivity index (χ4n) is 10.5. The van der Waals surface area contributed by atoms with E-state index in [1.807, 2.05) is 0 Å². The molecule has 0 saturated heterocycles. The van der Waals surface area contributed by atoms with Crippen LogP contribution < -0.4 is 0 Å². The van der Waals surface area contributed by atoms with Crippen LogP contribution in [0.5, 0.6) is 0 Å². The highest BCUT2D eigenvalue weighted by atomic mass is 15.1. The third-order valence-corrected chi connectivity index (χ3v) is 13.1. The molecule has 276 valence electrons. The maximum atomic E-state index is 5.47. The van der Waals surface area contributed by atoms with Gasteiger partial charge in [-0.25, -0.2) is 4.98 Å². The zero-order valence-electron chi connectivity index (χ0n) is 32.3. The highest BCUT2D eigenvalue weighted by molar-refractivity contribution is 6.02. The van der Waals surface area contributed by atoms with Crippen molar-refractivity contribution in [3.05, 3.63) is 173 Å². The quantitative estimate of drug-likeness (QED) is 0.156. The van der Waals surface area contributed by atoms with Crippen molar-refractivity contribution in [1.82, 2.24) is 14.1 Å². The van der Waals surface area contributed by atoms with Crippen LogP contribution in [0.4, 0.5) is 0 Å². The smallest absolute Gasteiger partial charge is 0.138 e. The molecule has 0 spiro atoms. The number of nitrogens with zero attached hydrogens (tertiary/aromatic N) is 3. The molecule has 4 aromatic carbocycles. The van der Waals surface area contributed by atoms with E-state index < -0.39 is 0 Å². The molecule has 0 aliphatic heterocycles. The highest BCUT2D eigenvalue weighted by Crippen LogP contribution is 2.44. The summed E-state index contributed by atoms with van der Waals surface area (Å²) in [5.41, 5.74) is 18.9. The minimum atomic E-state index is 0.415. The van der Waals surface area contributed by atoms with Gasteiger partial charge in [-0.1, -0.05) is 91.0 Å². The largest absolute Gasteiger partial charge is 0.313 e. The van der Waals surface area contributed by atoms with E-state index in [9.17, 15) is 0 Å². The number of aryl methyl sites for hydroxylation is 1. The summed E-state index contributed by atoms with van der Waals surface area (Å²) in [5.74, 6) is 1.45. The molecule has 3 heterocycles. The number of rotatable bonds is 6. The average Bonchev–Trinajstić information content (AvgIpc) is 3.80. The minimum Gasteiger partial charge on any atom is -0.313 e. The molecule has 3 heteroatoms. The van der Waals surface area contributed by atoms with Crippen LogP contribution in [0.25, 0.3) is 55.7 Å². The summed E-state index contributed by atoms with van der Waals surface area (Å²) >= 11 is 0. The van der Waals surface area contributed by atoms with Crippen LogP contribution in [0, 0.1) is 0 Å². The van der Waals surface area contributed by atoms with E-state index >= 15 is 0 Å². The van der Waals surface area contributed by atoms with Gasteiger partial charge >= 0.3 is 0 Å². The zero-order valence-corrected chi connectivity index (χ0v) is 32.3. The fourth-order valence-corrected chi connectivity index (χ4v) is 10.5. The molecule has 0 fully saturated rings. The molecular weight excluding hydrogens is 679 g/mol. The van der Waals surface area contributed by atoms with E-state index in [0.717, 1.165) is 37.2 Å². The molecule has 3 aromatic heterocycles. The van der Waals surface area contributed by atoms with Crippen LogP contribution in [0.15, 0.2) is 133 Å². The SMILES string of the molecule is C1=CC(c2cc(-c3ccccc3)nc(-n3c4c(c5ccccc53)C(c3ccc5c(c3)c3c(n5-c5cccc(C6=CCCCC6)c5)CCCC3)=CCC4)c2)CCC1. The van der Waals surface area contributed by atoms with Crippen molar-refractivity contribution in [2.24, 2.45) is 0 Å². The van der Waals surface area contributed by atoms with Crippen molar-refractivity contribution in [1.29, 1.82) is 0 Å².